The zero-order valence-corrected chi connectivity index (χ0v) is 15.2. The van der Waals surface area contributed by atoms with Gasteiger partial charge < -0.3 is 9.47 Å². The molecule has 0 saturated carbocycles. The van der Waals surface area contributed by atoms with E-state index in [9.17, 15) is 23.3 Å². The topological polar surface area (TPSA) is 61.6 Å². The molecular weight excluding hydrogens is 363 g/mol. The van der Waals surface area contributed by atoms with E-state index in [1.165, 1.54) is 24.3 Å². The second-order valence-electron chi connectivity index (χ2n) is 4.90. The van der Waals surface area contributed by atoms with Crippen LogP contribution in [0.5, 0.6) is 11.5 Å². The second-order valence-corrected chi connectivity index (χ2v) is 4.90. The number of halogens is 3. The molecule has 0 heterocycles. The van der Waals surface area contributed by atoms with Crippen molar-refractivity contribution in [2.75, 3.05) is 0 Å². The van der Waals surface area contributed by atoms with Crippen LogP contribution in [0.15, 0.2) is 36.4 Å². The van der Waals surface area contributed by atoms with Crippen molar-refractivity contribution in [2.45, 2.75) is 34.1 Å². The van der Waals surface area contributed by atoms with Crippen LogP contribution in [0.1, 0.15) is 26.3 Å². The van der Waals surface area contributed by atoms with Crippen LogP contribution >= 0.6 is 0 Å². The maximum Gasteiger partial charge on any atom is 0.573 e. The average Bonchev–Trinajstić information content (AvgIpc) is 2.62. The number of nitro groups is 1. The Morgan fingerprint density at radius 1 is 1.11 bits per heavy atom. The lowest BCUT2D eigenvalue weighted by atomic mass is 9.99. The highest BCUT2D eigenvalue weighted by molar-refractivity contribution is 5.73. The van der Waals surface area contributed by atoms with Gasteiger partial charge in [0.15, 0.2) is 5.75 Å². The van der Waals surface area contributed by atoms with E-state index in [1.54, 1.807) is 13.8 Å². The first-order valence-electron chi connectivity index (χ1n) is 7.95. The van der Waals surface area contributed by atoms with Crippen LogP contribution in [-0.4, -0.2) is 11.3 Å². The second kappa shape index (κ2) is 9.48. The molecule has 0 amide bonds. The summed E-state index contributed by atoms with van der Waals surface area (Å²) in [5.41, 5.74) is 1.27. The Morgan fingerprint density at radius 2 is 1.70 bits per heavy atom. The Hall–Kier alpha value is -3.21. The molecule has 0 saturated heterocycles. The van der Waals surface area contributed by atoms with E-state index in [0.717, 1.165) is 12.1 Å². The molecule has 0 aliphatic rings. The third kappa shape index (κ3) is 6.22. The lowest BCUT2D eigenvalue weighted by Gasteiger charge is -2.12. The summed E-state index contributed by atoms with van der Waals surface area (Å²) in [5.74, 6) is 2.34. The highest BCUT2D eigenvalue weighted by Gasteiger charge is 2.31. The molecule has 0 aliphatic heterocycles. The van der Waals surface area contributed by atoms with Crippen molar-refractivity contribution in [2.24, 2.45) is 0 Å². The van der Waals surface area contributed by atoms with Gasteiger partial charge in [0.05, 0.1) is 11.0 Å². The fourth-order valence-corrected chi connectivity index (χ4v) is 2.13. The van der Waals surface area contributed by atoms with Gasteiger partial charge in [0.1, 0.15) is 11.9 Å². The van der Waals surface area contributed by atoms with Gasteiger partial charge in [0.25, 0.3) is 5.69 Å². The van der Waals surface area contributed by atoms with Gasteiger partial charge in [-0.05, 0) is 30.2 Å². The quantitative estimate of drug-likeness (QED) is 0.378. The van der Waals surface area contributed by atoms with Crippen molar-refractivity contribution >= 4 is 5.69 Å². The molecule has 0 unspecified atom stereocenters. The van der Waals surface area contributed by atoms with Crippen molar-refractivity contribution < 1.29 is 27.6 Å². The van der Waals surface area contributed by atoms with Crippen LogP contribution in [0.2, 0.25) is 0 Å². The molecular formula is C19H18F3NO4. The van der Waals surface area contributed by atoms with Crippen LogP contribution in [0.25, 0.3) is 11.1 Å². The van der Waals surface area contributed by atoms with Crippen LogP contribution < -0.4 is 9.47 Å². The van der Waals surface area contributed by atoms with Crippen molar-refractivity contribution in [3.63, 3.8) is 0 Å². The van der Waals surface area contributed by atoms with Crippen molar-refractivity contribution in [1.29, 1.82) is 0 Å². The maximum absolute atomic E-state index is 12.2. The van der Waals surface area contributed by atoms with Gasteiger partial charge in [-0.3, -0.25) is 10.1 Å². The summed E-state index contributed by atoms with van der Waals surface area (Å²) < 4.78 is 45.6. The van der Waals surface area contributed by atoms with E-state index in [0.29, 0.717) is 16.7 Å². The molecule has 0 aliphatic carbocycles. The smallest absolute Gasteiger partial charge is 0.407 e. The van der Waals surface area contributed by atoms with E-state index in [4.69, 9.17) is 4.74 Å². The third-order valence-corrected chi connectivity index (χ3v) is 3.22. The van der Waals surface area contributed by atoms with Gasteiger partial charge in [-0.15, -0.1) is 13.2 Å². The van der Waals surface area contributed by atoms with Crippen LogP contribution in [0.4, 0.5) is 18.9 Å². The first-order valence-corrected chi connectivity index (χ1v) is 7.95. The van der Waals surface area contributed by atoms with E-state index in [1.807, 2.05) is 13.8 Å². The molecule has 8 heteroatoms. The highest BCUT2D eigenvalue weighted by atomic mass is 19.4. The van der Waals surface area contributed by atoms with Gasteiger partial charge in [-0.25, -0.2) is 0 Å². The lowest BCUT2D eigenvalue weighted by Crippen LogP contribution is -2.16. The number of alkyl halides is 3. The monoisotopic (exact) mass is 381 g/mol. The molecule has 0 aromatic heterocycles. The molecule has 2 aromatic rings. The minimum atomic E-state index is -4.79. The van der Waals surface area contributed by atoms with Gasteiger partial charge in [0.2, 0.25) is 0 Å². The number of hydrogen-bond donors (Lipinski definition) is 0. The molecule has 0 N–H and O–H groups in total. The summed E-state index contributed by atoms with van der Waals surface area (Å²) >= 11 is 0. The van der Waals surface area contributed by atoms with E-state index >= 15 is 0 Å². The Bertz CT molecular complexity index is 850. The van der Waals surface area contributed by atoms with E-state index < -0.39 is 11.3 Å². The summed E-state index contributed by atoms with van der Waals surface area (Å²) in [6.07, 6.45) is -2.42. The molecule has 0 atom stereocenters. The summed E-state index contributed by atoms with van der Waals surface area (Å²) in [5, 5.41) is 11.1. The van der Waals surface area contributed by atoms with Crippen molar-refractivity contribution in [3.8, 4) is 34.7 Å². The molecule has 2 rings (SSSR count). The number of rotatable bonds is 4. The standard InChI is InChI=1S/C17H12F3NO4.C2H6/c1-3-8-24-16-10-13(21(22)23)9-15(11(16)2)12-4-6-14(7-5-12)25-17(18,19)20;1-2/h4-7,9-10H,1-2H3;1-2H3. The largest absolute Gasteiger partial charge is 0.573 e. The zero-order valence-electron chi connectivity index (χ0n) is 15.2. The van der Waals surface area contributed by atoms with E-state index in [2.05, 4.69) is 16.8 Å². The number of benzene rings is 2. The fourth-order valence-electron chi connectivity index (χ4n) is 2.13. The van der Waals surface area contributed by atoms with Crippen LogP contribution in [0.3, 0.4) is 0 Å². The Kier molecular flexibility index (Phi) is 7.66. The van der Waals surface area contributed by atoms with Gasteiger partial charge in [-0.2, -0.15) is 0 Å². The van der Waals surface area contributed by atoms with Crippen molar-refractivity contribution in [3.05, 3.63) is 52.1 Å². The van der Waals surface area contributed by atoms with Crippen LogP contribution in [-0.2, 0) is 0 Å². The summed E-state index contributed by atoms with van der Waals surface area (Å²) in [6, 6.07) is 7.58. The first-order chi connectivity index (χ1) is 12.7. The van der Waals surface area contributed by atoms with Crippen molar-refractivity contribution in [1.82, 2.24) is 0 Å². The van der Waals surface area contributed by atoms with E-state index in [-0.39, 0.29) is 17.2 Å². The predicted molar refractivity (Wildman–Crippen MR) is 95.4 cm³/mol. The van der Waals surface area contributed by atoms with Gasteiger partial charge in [-0.1, -0.05) is 31.9 Å². The Morgan fingerprint density at radius 3 is 2.19 bits per heavy atom. The minimum Gasteiger partial charge on any atom is -0.407 e. The third-order valence-electron chi connectivity index (χ3n) is 3.22. The number of ether oxygens (including phenoxy) is 2. The molecule has 0 spiro atoms. The van der Waals surface area contributed by atoms with Gasteiger partial charge >= 0.3 is 6.36 Å². The van der Waals surface area contributed by atoms with Crippen LogP contribution in [0, 0.1) is 29.1 Å². The molecule has 0 radical (unpaired) electrons. The van der Waals surface area contributed by atoms with Gasteiger partial charge in [0, 0.05) is 18.6 Å². The molecule has 27 heavy (non-hydrogen) atoms. The highest BCUT2D eigenvalue weighted by Crippen LogP contribution is 2.35. The molecule has 144 valence electrons. The summed E-state index contributed by atoms with van der Waals surface area (Å²) in [6.45, 7) is 7.22. The SMILES string of the molecule is CC.CC#COc1cc([N+](=O)[O-])cc(-c2ccc(OC(F)(F)F)cc2)c1C. The summed E-state index contributed by atoms with van der Waals surface area (Å²) in [7, 11) is 0. The minimum absolute atomic E-state index is 0.203. The lowest BCUT2D eigenvalue weighted by molar-refractivity contribution is -0.384. The molecule has 2 aromatic carbocycles. The first kappa shape index (κ1) is 21.8. The molecule has 5 nitrogen and oxygen atoms in total. The molecule has 0 fully saturated rings. The Labute approximate surface area is 154 Å². The predicted octanol–water partition coefficient (Wildman–Crippen LogP) is 5.85. The fraction of sp³-hybridized carbons (Fsp3) is 0.263. The molecule has 0 bridgehead atoms. The number of nitro benzene ring substituents is 1. The number of non-ortho nitro benzene ring substituents is 1. The maximum atomic E-state index is 12.2. The average molecular weight is 381 g/mol. The summed E-state index contributed by atoms with van der Waals surface area (Å²) in [4.78, 5) is 10.5. The Balaban J connectivity index is 0.00000176. The zero-order chi connectivity index (χ0) is 20.6. The number of hydrogen-bond acceptors (Lipinski definition) is 4. The number of nitrogens with zero attached hydrogens (tertiary/aromatic N) is 1. The normalized spacial score (nSPS) is 10.0.